The average Bonchev–Trinajstić information content (AvgIpc) is 2.44. The molecule has 0 spiro atoms. The van der Waals surface area contributed by atoms with Gasteiger partial charge in [0.05, 0.1) is 0 Å². The minimum absolute atomic E-state index is 0.426. The number of rotatable bonds is 6. The molecule has 0 amide bonds. The van der Waals surface area contributed by atoms with E-state index in [1.165, 1.54) is 0 Å². The van der Waals surface area contributed by atoms with Crippen LogP contribution in [0.4, 0.5) is 0 Å². The lowest BCUT2D eigenvalue weighted by Crippen LogP contribution is -2.29. The highest BCUT2D eigenvalue weighted by molar-refractivity contribution is 6.58. The van der Waals surface area contributed by atoms with Crippen molar-refractivity contribution in [3.8, 4) is 11.5 Å². The molecule has 2 aromatic rings. The van der Waals surface area contributed by atoms with Crippen molar-refractivity contribution in [2.24, 2.45) is 0 Å². The van der Waals surface area contributed by atoms with Crippen molar-refractivity contribution in [2.75, 3.05) is 13.2 Å². The molecule has 0 heterocycles. The summed E-state index contributed by atoms with van der Waals surface area (Å²) in [6, 6.07) is 14.5. The second-order valence-corrected chi connectivity index (χ2v) is 4.46. The van der Waals surface area contributed by atoms with Gasteiger partial charge in [0.25, 0.3) is 0 Å². The third-order valence-electron chi connectivity index (χ3n) is 2.79. The molecule has 0 radical (unpaired) electrons. The summed E-state index contributed by atoms with van der Waals surface area (Å²) in [4.78, 5) is 0. The van der Waals surface area contributed by atoms with Crippen LogP contribution >= 0.6 is 0 Å². The molecule has 2 aromatic carbocycles. The summed E-state index contributed by atoms with van der Waals surface area (Å²) in [5.74, 6) is 1.49. The second-order valence-electron chi connectivity index (χ2n) is 4.46. The van der Waals surface area contributed by atoms with E-state index in [2.05, 4.69) is 0 Å². The lowest BCUT2D eigenvalue weighted by Gasteiger charge is -2.09. The maximum Gasteiger partial charge on any atom is 0.488 e. The van der Waals surface area contributed by atoms with Crippen LogP contribution in [0.25, 0.3) is 0 Å². The minimum Gasteiger partial charge on any atom is -0.490 e. The van der Waals surface area contributed by atoms with Gasteiger partial charge in [0.1, 0.15) is 24.7 Å². The van der Waals surface area contributed by atoms with Gasteiger partial charge in [0.15, 0.2) is 0 Å². The van der Waals surface area contributed by atoms with Gasteiger partial charge in [0.2, 0.25) is 0 Å². The number of hydrogen-bond donors (Lipinski definition) is 2. The molecule has 2 N–H and O–H groups in total. The highest BCUT2D eigenvalue weighted by Gasteiger charge is 2.09. The molecule has 0 aliphatic carbocycles. The Balaban J connectivity index is 1.75. The van der Waals surface area contributed by atoms with Gasteiger partial charge in [0, 0.05) is 0 Å². The first-order valence-electron chi connectivity index (χ1n) is 6.43. The van der Waals surface area contributed by atoms with E-state index in [9.17, 15) is 0 Å². The third kappa shape index (κ3) is 4.29. The van der Waals surface area contributed by atoms with E-state index in [-0.39, 0.29) is 0 Å². The summed E-state index contributed by atoms with van der Waals surface area (Å²) in [5.41, 5.74) is 1.59. The lowest BCUT2D eigenvalue weighted by molar-refractivity contribution is 0.217. The molecular weight excluding hydrogens is 255 g/mol. The monoisotopic (exact) mass is 272 g/mol. The fourth-order valence-corrected chi connectivity index (χ4v) is 1.76. The summed E-state index contributed by atoms with van der Waals surface area (Å²) in [6.07, 6.45) is 0. The van der Waals surface area contributed by atoms with Crippen LogP contribution in [0.1, 0.15) is 5.56 Å². The number of hydrogen-bond acceptors (Lipinski definition) is 4. The van der Waals surface area contributed by atoms with Crippen LogP contribution in [0, 0.1) is 6.92 Å². The molecule has 5 heteroatoms. The van der Waals surface area contributed by atoms with Gasteiger partial charge in [-0.3, -0.25) is 0 Å². The third-order valence-corrected chi connectivity index (χ3v) is 2.79. The molecule has 0 bridgehead atoms. The smallest absolute Gasteiger partial charge is 0.488 e. The molecule has 2 rings (SSSR count). The van der Waals surface area contributed by atoms with Crippen LogP contribution in [-0.4, -0.2) is 30.4 Å². The maximum atomic E-state index is 8.97. The fourth-order valence-electron chi connectivity index (χ4n) is 1.76. The molecule has 4 nitrogen and oxygen atoms in total. The Morgan fingerprint density at radius 2 is 1.55 bits per heavy atom. The number of ether oxygens (including phenoxy) is 2. The van der Waals surface area contributed by atoms with E-state index >= 15 is 0 Å². The topological polar surface area (TPSA) is 58.9 Å². The zero-order valence-electron chi connectivity index (χ0n) is 11.3. The summed E-state index contributed by atoms with van der Waals surface area (Å²) in [5, 5.41) is 17.9. The van der Waals surface area contributed by atoms with Crippen LogP contribution in [0.2, 0.25) is 0 Å². The van der Waals surface area contributed by atoms with E-state index in [4.69, 9.17) is 19.5 Å². The fraction of sp³-hybridized carbons (Fsp3) is 0.200. The lowest BCUT2D eigenvalue weighted by atomic mass is 9.80. The van der Waals surface area contributed by atoms with E-state index in [1.54, 1.807) is 24.3 Å². The van der Waals surface area contributed by atoms with Gasteiger partial charge in [-0.25, -0.2) is 0 Å². The van der Waals surface area contributed by atoms with Gasteiger partial charge >= 0.3 is 7.12 Å². The molecule has 0 saturated carbocycles. The first kappa shape index (κ1) is 14.4. The summed E-state index contributed by atoms with van der Waals surface area (Å²) in [6.45, 7) is 2.89. The average molecular weight is 272 g/mol. The summed E-state index contributed by atoms with van der Waals surface area (Å²) < 4.78 is 11.1. The first-order chi connectivity index (χ1) is 9.65. The van der Waals surface area contributed by atoms with E-state index in [0.717, 1.165) is 11.3 Å². The van der Waals surface area contributed by atoms with Gasteiger partial charge in [-0.1, -0.05) is 24.3 Å². The molecule has 104 valence electrons. The Morgan fingerprint density at radius 3 is 2.15 bits per heavy atom. The molecule has 0 unspecified atom stereocenters. The van der Waals surface area contributed by atoms with E-state index in [0.29, 0.717) is 24.4 Å². The molecule has 0 aliphatic heterocycles. The van der Waals surface area contributed by atoms with Crippen molar-refractivity contribution in [3.05, 3.63) is 54.1 Å². The Kier molecular flexibility index (Phi) is 5.04. The maximum absolute atomic E-state index is 8.97. The number of benzene rings is 2. The Bertz CT molecular complexity index is 540. The SMILES string of the molecule is Cc1cccc(OCCOc2ccc(B(O)O)cc2)c1. The van der Waals surface area contributed by atoms with Crippen LogP contribution in [0.3, 0.4) is 0 Å². The summed E-state index contributed by atoms with van der Waals surface area (Å²) >= 11 is 0. The Labute approximate surface area is 118 Å². The highest BCUT2D eigenvalue weighted by atomic mass is 16.5. The predicted octanol–water partition coefficient (Wildman–Crippen LogP) is 1.13. The molecule has 0 saturated heterocycles. The van der Waals surface area contributed by atoms with Crippen molar-refractivity contribution in [1.29, 1.82) is 0 Å². The predicted molar refractivity (Wildman–Crippen MR) is 78.4 cm³/mol. The van der Waals surface area contributed by atoms with Crippen LogP contribution in [-0.2, 0) is 0 Å². The van der Waals surface area contributed by atoms with Crippen molar-refractivity contribution in [1.82, 2.24) is 0 Å². The Hall–Kier alpha value is -1.98. The van der Waals surface area contributed by atoms with Crippen molar-refractivity contribution in [2.45, 2.75) is 6.92 Å². The quantitative estimate of drug-likeness (QED) is 0.611. The number of aryl methyl sites for hydroxylation is 1. The van der Waals surface area contributed by atoms with Crippen molar-refractivity contribution < 1.29 is 19.5 Å². The molecule has 0 aliphatic rings. The molecule has 0 fully saturated rings. The van der Waals surface area contributed by atoms with Crippen LogP contribution < -0.4 is 14.9 Å². The van der Waals surface area contributed by atoms with Gasteiger partial charge < -0.3 is 19.5 Å². The van der Waals surface area contributed by atoms with Gasteiger partial charge in [-0.2, -0.15) is 0 Å². The van der Waals surface area contributed by atoms with Gasteiger partial charge in [-0.15, -0.1) is 0 Å². The Morgan fingerprint density at radius 1 is 0.900 bits per heavy atom. The molecule has 20 heavy (non-hydrogen) atoms. The van der Waals surface area contributed by atoms with E-state index < -0.39 is 7.12 Å². The van der Waals surface area contributed by atoms with E-state index in [1.807, 2.05) is 31.2 Å². The van der Waals surface area contributed by atoms with Crippen LogP contribution in [0.15, 0.2) is 48.5 Å². The zero-order valence-corrected chi connectivity index (χ0v) is 11.3. The van der Waals surface area contributed by atoms with Gasteiger partial charge in [-0.05, 0) is 42.2 Å². The molecule has 0 aromatic heterocycles. The molecular formula is C15H17BO4. The van der Waals surface area contributed by atoms with Crippen molar-refractivity contribution >= 4 is 12.6 Å². The first-order valence-corrected chi connectivity index (χ1v) is 6.43. The van der Waals surface area contributed by atoms with Crippen LogP contribution in [0.5, 0.6) is 11.5 Å². The molecule has 0 atom stereocenters. The van der Waals surface area contributed by atoms with Crippen molar-refractivity contribution in [3.63, 3.8) is 0 Å². The second kappa shape index (κ2) is 6.98. The zero-order chi connectivity index (χ0) is 14.4. The standard InChI is InChI=1S/C15H17BO4/c1-12-3-2-4-15(11-12)20-10-9-19-14-7-5-13(6-8-14)16(17)18/h2-8,11,17-18H,9-10H2,1H3. The minimum atomic E-state index is -1.45. The largest absolute Gasteiger partial charge is 0.490 e. The summed E-state index contributed by atoms with van der Waals surface area (Å²) in [7, 11) is -1.45. The highest BCUT2D eigenvalue weighted by Crippen LogP contribution is 2.12. The normalized spacial score (nSPS) is 10.2.